The summed E-state index contributed by atoms with van der Waals surface area (Å²) in [5, 5.41) is 23.9. The van der Waals surface area contributed by atoms with Crippen molar-refractivity contribution in [1.82, 2.24) is 25.6 Å². The predicted molar refractivity (Wildman–Crippen MR) is 96.9 cm³/mol. The maximum atomic E-state index is 11.9. The second kappa shape index (κ2) is 8.25. The molecule has 2 aromatic rings. The molecule has 0 spiro atoms. The standard InChI is InChI=1S/C18H26N6O2/c1-12(2)9-15(18(25)26)14(17-20-22-23-21-17)10-13-5-6-16(19-11-13)24-7-3-4-8-24/h5-6,11-12,14-15H,3-4,7-10H2,1-2H3,(H,25,26)(H,20,21,22,23)/t14-,15-/m0/s1. The molecule has 1 aliphatic heterocycles. The predicted octanol–water partition coefficient (Wildman–Crippen LogP) is 2.27. The molecule has 8 nitrogen and oxygen atoms in total. The fraction of sp³-hybridized carbons (Fsp3) is 0.611. The van der Waals surface area contributed by atoms with Crippen molar-refractivity contribution in [1.29, 1.82) is 0 Å². The largest absolute Gasteiger partial charge is 0.481 e. The highest BCUT2D eigenvalue weighted by Crippen LogP contribution is 2.31. The average Bonchev–Trinajstić information content (AvgIpc) is 3.31. The molecule has 0 unspecified atom stereocenters. The third-order valence-electron chi connectivity index (χ3n) is 4.92. The zero-order valence-corrected chi connectivity index (χ0v) is 15.3. The zero-order chi connectivity index (χ0) is 18.5. The number of aliphatic carboxylic acids is 1. The van der Waals surface area contributed by atoms with E-state index in [1.807, 2.05) is 32.2 Å². The Balaban J connectivity index is 1.80. The maximum absolute atomic E-state index is 11.9. The van der Waals surface area contributed by atoms with Gasteiger partial charge in [0.15, 0.2) is 5.82 Å². The first kappa shape index (κ1) is 18.3. The fourth-order valence-electron chi connectivity index (χ4n) is 3.61. The van der Waals surface area contributed by atoms with Crippen LogP contribution in [0.3, 0.4) is 0 Å². The van der Waals surface area contributed by atoms with Gasteiger partial charge in [-0.3, -0.25) is 4.79 Å². The lowest BCUT2D eigenvalue weighted by Gasteiger charge is -2.23. The molecule has 2 atom stereocenters. The van der Waals surface area contributed by atoms with Crippen molar-refractivity contribution in [2.75, 3.05) is 18.0 Å². The van der Waals surface area contributed by atoms with Crippen molar-refractivity contribution in [3.8, 4) is 0 Å². The van der Waals surface area contributed by atoms with Crippen molar-refractivity contribution in [2.24, 2.45) is 11.8 Å². The van der Waals surface area contributed by atoms with Crippen LogP contribution < -0.4 is 4.90 Å². The van der Waals surface area contributed by atoms with E-state index in [-0.39, 0.29) is 11.8 Å². The average molecular weight is 358 g/mol. The fourth-order valence-corrected chi connectivity index (χ4v) is 3.61. The van der Waals surface area contributed by atoms with Crippen LogP contribution in [0.2, 0.25) is 0 Å². The first-order chi connectivity index (χ1) is 12.5. The van der Waals surface area contributed by atoms with E-state index in [0.29, 0.717) is 18.7 Å². The Morgan fingerprint density at radius 3 is 2.62 bits per heavy atom. The molecule has 0 radical (unpaired) electrons. The molecule has 1 saturated heterocycles. The van der Waals surface area contributed by atoms with E-state index in [1.165, 1.54) is 12.8 Å². The Morgan fingerprint density at radius 2 is 2.08 bits per heavy atom. The van der Waals surface area contributed by atoms with Crippen LogP contribution in [0.5, 0.6) is 0 Å². The third-order valence-corrected chi connectivity index (χ3v) is 4.92. The van der Waals surface area contributed by atoms with Gasteiger partial charge in [-0.05, 0) is 43.2 Å². The van der Waals surface area contributed by atoms with Crippen LogP contribution in [0.25, 0.3) is 0 Å². The molecule has 0 saturated carbocycles. The normalized spacial score (nSPS) is 16.8. The zero-order valence-electron chi connectivity index (χ0n) is 15.3. The Labute approximate surface area is 153 Å². The summed E-state index contributed by atoms with van der Waals surface area (Å²) in [5.74, 6) is -0.0312. The third kappa shape index (κ3) is 4.36. The van der Waals surface area contributed by atoms with Gasteiger partial charge in [-0.15, -0.1) is 10.2 Å². The van der Waals surface area contributed by atoms with Crippen molar-refractivity contribution in [3.63, 3.8) is 0 Å². The molecule has 8 heteroatoms. The number of hydrogen-bond acceptors (Lipinski definition) is 6. The molecule has 26 heavy (non-hydrogen) atoms. The Bertz CT molecular complexity index is 695. The molecule has 0 aliphatic carbocycles. The summed E-state index contributed by atoms with van der Waals surface area (Å²) in [6, 6.07) is 4.05. The minimum absolute atomic E-state index is 0.265. The molecule has 140 valence electrons. The molecule has 0 bridgehead atoms. The van der Waals surface area contributed by atoms with Crippen molar-refractivity contribution >= 4 is 11.8 Å². The SMILES string of the molecule is CC(C)C[C@H](C(=O)O)[C@H](Cc1ccc(N2CCCC2)nc1)c1nn[nH]n1. The summed E-state index contributed by atoms with van der Waals surface area (Å²) in [5.41, 5.74) is 0.984. The van der Waals surface area contributed by atoms with Crippen LogP contribution in [-0.2, 0) is 11.2 Å². The Morgan fingerprint density at radius 1 is 1.31 bits per heavy atom. The lowest BCUT2D eigenvalue weighted by atomic mass is 9.81. The number of nitrogens with zero attached hydrogens (tertiary/aromatic N) is 5. The van der Waals surface area contributed by atoms with Crippen LogP contribution in [0.1, 0.15) is 50.4 Å². The second-order valence-electron chi connectivity index (χ2n) is 7.37. The van der Waals surface area contributed by atoms with Crippen molar-refractivity contribution in [3.05, 3.63) is 29.7 Å². The highest BCUT2D eigenvalue weighted by Gasteiger charge is 2.33. The highest BCUT2D eigenvalue weighted by atomic mass is 16.4. The first-order valence-electron chi connectivity index (χ1n) is 9.20. The quantitative estimate of drug-likeness (QED) is 0.745. The van der Waals surface area contributed by atoms with E-state index in [0.717, 1.165) is 24.5 Å². The minimum Gasteiger partial charge on any atom is -0.481 e. The number of anilines is 1. The summed E-state index contributed by atoms with van der Waals surface area (Å²) < 4.78 is 0. The number of H-pyrrole nitrogens is 1. The van der Waals surface area contributed by atoms with Crippen LogP contribution in [-0.4, -0.2) is 49.8 Å². The van der Waals surface area contributed by atoms with Gasteiger partial charge in [0, 0.05) is 25.2 Å². The molecule has 0 amide bonds. The number of tetrazole rings is 1. The smallest absolute Gasteiger partial charge is 0.307 e. The molecule has 1 aliphatic rings. The van der Waals surface area contributed by atoms with Crippen LogP contribution in [0.15, 0.2) is 18.3 Å². The number of carboxylic acid groups (broad SMARTS) is 1. The number of pyridine rings is 1. The second-order valence-corrected chi connectivity index (χ2v) is 7.37. The van der Waals surface area contributed by atoms with E-state index in [4.69, 9.17) is 0 Å². The molecule has 3 heterocycles. The molecule has 2 aromatic heterocycles. The number of nitrogens with one attached hydrogen (secondary N) is 1. The summed E-state index contributed by atoms with van der Waals surface area (Å²) in [7, 11) is 0. The Hall–Kier alpha value is -2.51. The van der Waals surface area contributed by atoms with Gasteiger partial charge >= 0.3 is 5.97 Å². The molecule has 0 aromatic carbocycles. The number of aromatic nitrogens is 5. The van der Waals surface area contributed by atoms with Crippen molar-refractivity contribution < 1.29 is 9.90 Å². The molecular formula is C18H26N6O2. The van der Waals surface area contributed by atoms with Crippen LogP contribution >= 0.6 is 0 Å². The van der Waals surface area contributed by atoms with E-state index in [1.54, 1.807) is 0 Å². The summed E-state index contributed by atoms with van der Waals surface area (Å²) >= 11 is 0. The van der Waals surface area contributed by atoms with E-state index in [9.17, 15) is 9.90 Å². The highest BCUT2D eigenvalue weighted by molar-refractivity contribution is 5.71. The number of aromatic amines is 1. The maximum Gasteiger partial charge on any atom is 0.307 e. The van der Waals surface area contributed by atoms with Crippen molar-refractivity contribution in [2.45, 2.75) is 45.4 Å². The number of hydrogen-bond donors (Lipinski definition) is 2. The first-order valence-corrected chi connectivity index (χ1v) is 9.20. The van der Waals surface area contributed by atoms with Gasteiger partial charge in [0.25, 0.3) is 0 Å². The van der Waals surface area contributed by atoms with E-state index < -0.39 is 11.9 Å². The summed E-state index contributed by atoms with van der Waals surface area (Å²) in [6.45, 7) is 6.14. The van der Waals surface area contributed by atoms with Gasteiger partial charge in [-0.2, -0.15) is 5.21 Å². The minimum atomic E-state index is -0.824. The molecule has 2 N–H and O–H groups in total. The van der Waals surface area contributed by atoms with Gasteiger partial charge in [0.1, 0.15) is 5.82 Å². The van der Waals surface area contributed by atoms with Gasteiger partial charge in [0.2, 0.25) is 0 Å². The van der Waals surface area contributed by atoms with E-state index in [2.05, 4.69) is 30.5 Å². The topological polar surface area (TPSA) is 108 Å². The number of carbonyl (C=O) groups is 1. The lowest BCUT2D eigenvalue weighted by Crippen LogP contribution is -2.26. The van der Waals surface area contributed by atoms with Crippen LogP contribution in [0.4, 0.5) is 5.82 Å². The Kier molecular flexibility index (Phi) is 5.80. The monoisotopic (exact) mass is 358 g/mol. The number of carboxylic acids is 1. The van der Waals surface area contributed by atoms with E-state index >= 15 is 0 Å². The lowest BCUT2D eigenvalue weighted by molar-refractivity contribution is -0.143. The van der Waals surface area contributed by atoms with Crippen LogP contribution in [0, 0.1) is 11.8 Å². The molecular weight excluding hydrogens is 332 g/mol. The van der Waals surface area contributed by atoms with Gasteiger partial charge < -0.3 is 10.0 Å². The molecule has 1 fully saturated rings. The van der Waals surface area contributed by atoms with Gasteiger partial charge in [0.05, 0.1) is 5.92 Å². The molecule has 3 rings (SSSR count). The van der Waals surface area contributed by atoms with Gasteiger partial charge in [-0.25, -0.2) is 4.98 Å². The summed E-state index contributed by atoms with van der Waals surface area (Å²) in [6.07, 6.45) is 5.34. The van der Waals surface area contributed by atoms with Gasteiger partial charge in [-0.1, -0.05) is 25.1 Å². The summed E-state index contributed by atoms with van der Waals surface area (Å²) in [4.78, 5) is 18.7. The number of rotatable bonds is 8.